The molecule has 2 aromatic rings. The molecule has 6 nitrogen and oxygen atoms in total. The van der Waals surface area contributed by atoms with Gasteiger partial charge >= 0.3 is 0 Å². The second-order valence-electron chi connectivity index (χ2n) is 5.06. The van der Waals surface area contributed by atoms with Gasteiger partial charge in [0.15, 0.2) is 0 Å². The van der Waals surface area contributed by atoms with E-state index in [1.807, 2.05) is 18.2 Å². The van der Waals surface area contributed by atoms with Gasteiger partial charge in [-0.05, 0) is 36.6 Å². The number of hydrogen-bond donors (Lipinski definition) is 2. The van der Waals surface area contributed by atoms with E-state index in [0.717, 1.165) is 44.1 Å². The summed E-state index contributed by atoms with van der Waals surface area (Å²) in [7, 11) is 3.37. The molecule has 1 aromatic carbocycles. The summed E-state index contributed by atoms with van der Waals surface area (Å²) >= 11 is 0. The zero-order valence-electron chi connectivity index (χ0n) is 13.7. The number of nitrogens with one attached hydrogen (secondary N) is 2. The van der Waals surface area contributed by atoms with Crippen molar-refractivity contribution in [3.63, 3.8) is 0 Å². The van der Waals surface area contributed by atoms with Crippen LogP contribution >= 0.6 is 0 Å². The highest BCUT2D eigenvalue weighted by atomic mass is 16.5. The van der Waals surface area contributed by atoms with Crippen LogP contribution in [0, 0.1) is 0 Å². The molecule has 0 unspecified atom stereocenters. The smallest absolute Gasteiger partial charge is 0.224 e. The Morgan fingerprint density at radius 2 is 1.83 bits per heavy atom. The molecule has 2 rings (SSSR count). The molecule has 124 valence electrons. The van der Waals surface area contributed by atoms with Gasteiger partial charge in [-0.25, -0.2) is 4.98 Å². The molecule has 1 aromatic heterocycles. The first-order valence-electron chi connectivity index (χ1n) is 7.74. The Morgan fingerprint density at radius 3 is 2.57 bits per heavy atom. The number of methoxy groups -OCH3 is 2. The van der Waals surface area contributed by atoms with Gasteiger partial charge in [-0.1, -0.05) is 12.1 Å². The highest BCUT2D eigenvalue weighted by molar-refractivity contribution is 5.39. The fourth-order valence-electron chi connectivity index (χ4n) is 2.09. The van der Waals surface area contributed by atoms with E-state index < -0.39 is 0 Å². The van der Waals surface area contributed by atoms with Crippen LogP contribution in [0.1, 0.15) is 12.0 Å². The van der Waals surface area contributed by atoms with Crippen LogP contribution in [0.5, 0.6) is 5.75 Å². The lowest BCUT2D eigenvalue weighted by atomic mass is 10.1. The van der Waals surface area contributed by atoms with E-state index in [1.165, 1.54) is 5.56 Å². The zero-order valence-corrected chi connectivity index (χ0v) is 13.7. The fourth-order valence-corrected chi connectivity index (χ4v) is 2.09. The van der Waals surface area contributed by atoms with E-state index in [1.54, 1.807) is 20.4 Å². The molecule has 0 aliphatic carbocycles. The first kappa shape index (κ1) is 17.0. The number of rotatable bonds is 10. The summed E-state index contributed by atoms with van der Waals surface area (Å²) in [5.74, 6) is 2.33. The van der Waals surface area contributed by atoms with Crippen molar-refractivity contribution in [3.8, 4) is 5.75 Å². The van der Waals surface area contributed by atoms with E-state index in [2.05, 4.69) is 32.7 Å². The van der Waals surface area contributed by atoms with E-state index in [4.69, 9.17) is 9.47 Å². The summed E-state index contributed by atoms with van der Waals surface area (Å²) in [6.45, 7) is 2.34. The first-order chi connectivity index (χ1) is 11.3. The quantitative estimate of drug-likeness (QED) is 0.657. The number of nitrogens with zero attached hydrogens (tertiary/aromatic N) is 2. The second-order valence-corrected chi connectivity index (χ2v) is 5.06. The van der Waals surface area contributed by atoms with Gasteiger partial charge in [-0.15, -0.1) is 0 Å². The van der Waals surface area contributed by atoms with Gasteiger partial charge in [0.25, 0.3) is 0 Å². The molecular formula is C17H24N4O2. The molecule has 0 amide bonds. The molecule has 0 saturated heterocycles. The number of hydrogen-bond acceptors (Lipinski definition) is 6. The van der Waals surface area contributed by atoms with Gasteiger partial charge in [0, 0.05) is 33.0 Å². The van der Waals surface area contributed by atoms with Crippen LogP contribution in [0.15, 0.2) is 36.5 Å². The van der Waals surface area contributed by atoms with Gasteiger partial charge in [0.2, 0.25) is 5.95 Å². The molecule has 0 atom stereocenters. The molecule has 0 spiro atoms. The maximum atomic E-state index is 5.16. The van der Waals surface area contributed by atoms with Crippen LogP contribution in [-0.2, 0) is 11.2 Å². The minimum absolute atomic E-state index is 0.635. The summed E-state index contributed by atoms with van der Waals surface area (Å²) in [5.41, 5.74) is 1.25. The third-order valence-electron chi connectivity index (χ3n) is 3.34. The van der Waals surface area contributed by atoms with Crippen molar-refractivity contribution in [1.82, 2.24) is 9.97 Å². The van der Waals surface area contributed by atoms with Crippen LogP contribution in [0.25, 0.3) is 0 Å². The van der Waals surface area contributed by atoms with Crippen molar-refractivity contribution in [1.29, 1.82) is 0 Å². The minimum atomic E-state index is 0.635. The number of anilines is 2. The molecule has 0 radical (unpaired) electrons. The van der Waals surface area contributed by atoms with E-state index in [0.29, 0.717) is 5.95 Å². The predicted octanol–water partition coefficient (Wildman–Crippen LogP) is 2.59. The molecule has 0 saturated carbocycles. The van der Waals surface area contributed by atoms with Crippen molar-refractivity contribution < 1.29 is 9.47 Å². The van der Waals surface area contributed by atoms with Crippen molar-refractivity contribution in [2.45, 2.75) is 12.8 Å². The molecule has 1 heterocycles. The van der Waals surface area contributed by atoms with Gasteiger partial charge in [0.1, 0.15) is 11.6 Å². The Kier molecular flexibility index (Phi) is 7.13. The Labute approximate surface area is 137 Å². The third-order valence-corrected chi connectivity index (χ3v) is 3.34. The van der Waals surface area contributed by atoms with Gasteiger partial charge in [0.05, 0.1) is 7.11 Å². The second kappa shape index (κ2) is 9.63. The van der Waals surface area contributed by atoms with Crippen molar-refractivity contribution in [3.05, 3.63) is 42.1 Å². The van der Waals surface area contributed by atoms with E-state index in [-0.39, 0.29) is 0 Å². The number of benzene rings is 1. The van der Waals surface area contributed by atoms with E-state index in [9.17, 15) is 0 Å². The van der Waals surface area contributed by atoms with Crippen LogP contribution in [0.2, 0.25) is 0 Å². The van der Waals surface area contributed by atoms with Gasteiger partial charge in [-0.3, -0.25) is 0 Å². The molecule has 0 aliphatic heterocycles. The summed E-state index contributed by atoms with van der Waals surface area (Å²) in [6.07, 6.45) is 3.60. The monoisotopic (exact) mass is 316 g/mol. The number of aromatic nitrogens is 2. The van der Waals surface area contributed by atoms with Crippen molar-refractivity contribution in [2.75, 3.05) is 44.5 Å². The lowest BCUT2D eigenvalue weighted by molar-refractivity contribution is 0.197. The minimum Gasteiger partial charge on any atom is -0.497 e. The average molecular weight is 316 g/mol. The van der Waals surface area contributed by atoms with Crippen LogP contribution in [0.3, 0.4) is 0 Å². The van der Waals surface area contributed by atoms with Crippen molar-refractivity contribution in [2.24, 2.45) is 0 Å². The Morgan fingerprint density at radius 1 is 1.00 bits per heavy atom. The third kappa shape index (κ3) is 6.12. The molecule has 6 heteroatoms. The first-order valence-corrected chi connectivity index (χ1v) is 7.74. The van der Waals surface area contributed by atoms with Crippen LogP contribution in [-0.4, -0.2) is 43.9 Å². The van der Waals surface area contributed by atoms with E-state index >= 15 is 0 Å². The molecule has 0 aliphatic rings. The average Bonchev–Trinajstić information content (AvgIpc) is 2.60. The van der Waals surface area contributed by atoms with Gasteiger partial charge in [-0.2, -0.15) is 4.98 Å². The molecule has 2 N–H and O–H groups in total. The van der Waals surface area contributed by atoms with Crippen molar-refractivity contribution >= 4 is 11.8 Å². The van der Waals surface area contributed by atoms with Crippen LogP contribution < -0.4 is 15.4 Å². The number of ether oxygens (including phenoxy) is 2. The fraction of sp³-hybridized carbons (Fsp3) is 0.412. The normalized spacial score (nSPS) is 10.3. The standard InChI is InChI=1S/C17H24N4O2/c1-22-13-3-10-19-17-20-12-9-16(21-17)18-11-8-14-4-6-15(23-2)7-5-14/h4-7,9,12H,3,8,10-11,13H2,1-2H3,(H2,18,19,20,21). The Bertz CT molecular complexity index is 575. The molecule has 0 bridgehead atoms. The van der Waals surface area contributed by atoms with Gasteiger partial charge < -0.3 is 20.1 Å². The summed E-state index contributed by atoms with van der Waals surface area (Å²) in [6, 6.07) is 9.96. The largest absolute Gasteiger partial charge is 0.497 e. The van der Waals surface area contributed by atoms with Crippen LogP contribution in [0.4, 0.5) is 11.8 Å². The topological polar surface area (TPSA) is 68.3 Å². The summed E-state index contributed by atoms with van der Waals surface area (Å²) in [4.78, 5) is 8.64. The lowest BCUT2D eigenvalue weighted by Crippen LogP contribution is -2.10. The zero-order chi connectivity index (χ0) is 16.3. The summed E-state index contributed by atoms with van der Waals surface area (Å²) in [5, 5.41) is 6.50. The molecule has 23 heavy (non-hydrogen) atoms. The summed E-state index contributed by atoms with van der Waals surface area (Å²) < 4.78 is 10.2. The lowest BCUT2D eigenvalue weighted by Gasteiger charge is -2.08. The highest BCUT2D eigenvalue weighted by Crippen LogP contribution is 2.12. The maximum absolute atomic E-state index is 5.16. The Balaban J connectivity index is 1.76. The molecular weight excluding hydrogens is 292 g/mol. The molecule has 0 fully saturated rings. The highest BCUT2D eigenvalue weighted by Gasteiger charge is 1.99. The maximum Gasteiger partial charge on any atom is 0.224 e. The SMILES string of the molecule is COCCCNc1nccc(NCCc2ccc(OC)cc2)n1. The predicted molar refractivity (Wildman–Crippen MR) is 92.2 cm³/mol. The Hall–Kier alpha value is -2.34.